The highest BCUT2D eigenvalue weighted by Gasteiger charge is 2.22. The average molecular weight is 298 g/mol. The fourth-order valence-corrected chi connectivity index (χ4v) is 1.50. The highest BCUT2D eigenvalue weighted by Crippen LogP contribution is 2.30. The minimum absolute atomic E-state index is 0.131. The van der Waals surface area contributed by atoms with E-state index in [0.29, 0.717) is 0 Å². The van der Waals surface area contributed by atoms with Gasteiger partial charge in [-0.25, -0.2) is 13.2 Å². The van der Waals surface area contributed by atoms with Crippen molar-refractivity contribution >= 4 is 21.9 Å². The van der Waals surface area contributed by atoms with Gasteiger partial charge in [-0.15, -0.1) is 0 Å². The summed E-state index contributed by atoms with van der Waals surface area (Å²) in [5, 5.41) is 0. The third-order valence-electron chi connectivity index (χ3n) is 1.84. The van der Waals surface area contributed by atoms with Crippen LogP contribution in [-0.4, -0.2) is 18.1 Å². The molecule has 0 aliphatic heterocycles. The third-order valence-corrected chi connectivity index (χ3v) is 2.47. The molecule has 0 fully saturated rings. The van der Waals surface area contributed by atoms with Gasteiger partial charge in [-0.2, -0.15) is 0 Å². The number of esters is 1. The zero-order valence-electron chi connectivity index (χ0n) is 8.14. The van der Waals surface area contributed by atoms with E-state index in [2.05, 4.69) is 25.7 Å². The summed E-state index contributed by atoms with van der Waals surface area (Å²) >= 11 is 2.77. The molecule has 1 heterocycles. The molecule has 0 aliphatic carbocycles. The first-order chi connectivity index (χ1) is 7.47. The Morgan fingerprint density at radius 2 is 2.25 bits per heavy atom. The number of methoxy groups -OCH3 is 1. The topological polar surface area (TPSA) is 39.2 Å². The lowest BCUT2D eigenvalue weighted by Gasteiger charge is -2.08. The van der Waals surface area contributed by atoms with Crippen molar-refractivity contribution in [1.82, 2.24) is 4.98 Å². The first kappa shape index (κ1) is 13.0. The summed E-state index contributed by atoms with van der Waals surface area (Å²) in [6, 6.07) is 0. The van der Waals surface area contributed by atoms with Gasteiger partial charge in [0.2, 0.25) is 0 Å². The zero-order chi connectivity index (χ0) is 12.3. The number of halogens is 4. The smallest absolute Gasteiger partial charge is 0.311 e. The Balaban J connectivity index is 3.13. The molecule has 0 spiro atoms. The van der Waals surface area contributed by atoms with Crippen LogP contribution in [0.25, 0.3) is 0 Å². The molecule has 1 rings (SSSR count). The van der Waals surface area contributed by atoms with E-state index < -0.39 is 30.2 Å². The Kier molecular flexibility index (Phi) is 4.28. The Bertz CT molecular complexity index is 412. The zero-order valence-corrected chi connectivity index (χ0v) is 9.72. The van der Waals surface area contributed by atoms with Crippen LogP contribution in [0.1, 0.15) is 17.7 Å². The SMILES string of the molecule is COC(=O)Cc1ncc(Br)c(C(F)F)c1F. The van der Waals surface area contributed by atoms with E-state index in [1.165, 1.54) is 0 Å². The maximum atomic E-state index is 13.5. The van der Waals surface area contributed by atoms with Crippen LogP contribution >= 0.6 is 15.9 Å². The van der Waals surface area contributed by atoms with Gasteiger partial charge in [0.05, 0.1) is 24.8 Å². The summed E-state index contributed by atoms with van der Waals surface area (Å²) in [6.45, 7) is 0. The highest BCUT2D eigenvalue weighted by atomic mass is 79.9. The van der Waals surface area contributed by atoms with Gasteiger partial charge in [0.15, 0.2) is 5.82 Å². The first-order valence-electron chi connectivity index (χ1n) is 4.15. The molecule has 3 nitrogen and oxygen atoms in total. The largest absolute Gasteiger partial charge is 0.469 e. The summed E-state index contributed by atoms with van der Waals surface area (Å²) in [5.74, 6) is -1.93. The van der Waals surface area contributed by atoms with Crippen molar-refractivity contribution in [2.75, 3.05) is 7.11 Å². The molecular weight excluding hydrogens is 291 g/mol. The van der Waals surface area contributed by atoms with Gasteiger partial charge in [-0.1, -0.05) is 0 Å². The number of alkyl halides is 2. The van der Waals surface area contributed by atoms with Crippen LogP contribution in [0, 0.1) is 5.82 Å². The number of hydrogen-bond acceptors (Lipinski definition) is 3. The van der Waals surface area contributed by atoms with E-state index in [9.17, 15) is 18.0 Å². The lowest BCUT2D eigenvalue weighted by molar-refractivity contribution is -0.139. The summed E-state index contributed by atoms with van der Waals surface area (Å²) in [4.78, 5) is 14.4. The molecule has 16 heavy (non-hydrogen) atoms. The van der Waals surface area contributed by atoms with E-state index in [1.54, 1.807) is 0 Å². The highest BCUT2D eigenvalue weighted by molar-refractivity contribution is 9.10. The minimum Gasteiger partial charge on any atom is -0.469 e. The van der Waals surface area contributed by atoms with E-state index in [4.69, 9.17) is 0 Å². The van der Waals surface area contributed by atoms with Crippen LogP contribution < -0.4 is 0 Å². The van der Waals surface area contributed by atoms with Crippen molar-refractivity contribution in [1.29, 1.82) is 0 Å². The lowest BCUT2D eigenvalue weighted by atomic mass is 10.2. The second-order valence-electron chi connectivity index (χ2n) is 2.83. The van der Waals surface area contributed by atoms with E-state index in [0.717, 1.165) is 13.3 Å². The molecule has 0 aromatic carbocycles. The molecule has 1 aromatic heterocycles. The first-order valence-corrected chi connectivity index (χ1v) is 4.94. The van der Waals surface area contributed by atoms with Crippen molar-refractivity contribution in [2.24, 2.45) is 0 Å². The number of carbonyl (C=O) groups excluding carboxylic acids is 1. The Morgan fingerprint density at radius 3 is 2.75 bits per heavy atom. The number of hydrogen-bond donors (Lipinski definition) is 0. The number of pyridine rings is 1. The summed E-state index contributed by atoms with van der Waals surface area (Å²) in [5.41, 5.74) is -1.15. The lowest BCUT2D eigenvalue weighted by Crippen LogP contribution is -2.10. The number of nitrogens with zero attached hydrogens (tertiary/aromatic N) is 1. The van der Waals surface area contributed by atoms with Gasteiger partial charge in [0, 0.05) is 10.7 Å². The molecule has 7 heteroatoms. The fourth-order valence-electron chi connectivity index (χ4n) is 1.05. The number of ether oxygens (including phenoxy) is 1. The molecule has 0 atom stereocenters. The molecule has 0 radical (unpaired) electrons. The van der Waals surface area contributed by atoms with Gasteiger partial charge in [0.25, 0.3) is 6.43 Å². The van der Waals surface area contributed by atoms with Gasteiger partial charge < -0.3 is 4.74 Å². The van der Waals surface area contributed by atoms with Crippen LogP contribution in [0.5, 0.6) is 0 Å². The fraction of sp³-hybridized carbons (Fsp3) is 0.333. The third kappa shape index (κ3) is 2.72. The molecule has 0 unspecified atom stereocenters. The van der Waals surface area contributed by atoms with Crippen molar-refractivity contribution < 1.29 is 22.7 Å². The second-order valence-corrected chi connectivity index (χ2v) is 3.69. The van der Waals surface area contributed by atoms with Crippen LogP contribution in [-0.2, 0) is 16.0 Å². The van der Waals surface area contributed by atoms with Crippen LogP contribution in [0.2, 0.25) is 0 Å². The van der Waals surface area contributed by atoms with E-state index >= 15 is 0 Å². The monoisotopic (exact) mass is 297 g/mol. The van der Waals surface area contributed by atoms with E-state index in [1.807, 2.05) is 0 Å². The van der Waals surface area contributed by atoms with Gasteiger partial charge >= 0.3 is 5.97 Å². The van der Waals surface area contributed by atoms with Crippen molar-refractivity contribution in [3.63, 3.8) is 0 Å². The predicted molar refractivity (Wildman–Crippen MR) is 52.6 cm³/mol. The Hall–Kier alpha value is -1.11. The maximum absolute atomic E-state index is 13.5. The van der Waals surface area contributed by atoms with E-state index in [-0.39, 0.29) is 10.2 Å². The quantitative estimate of drug-likeness (QED) is 0.805. The molecule has 1 aromatic rings. The van der Waals surface area contributed by atoms with Gasteiger partial charge in [-0.05, 0) is 15.9 Å². The maximum Gasteiger partial charge on any atom is 0.311 e. The second kappa shape index (κ2) is 5.29. The summed E-state index contributed by atoms with van der Waals surface area (Å²) < 4.78 is 42.6. The van der Waals surface area contributed by atoms with Crippen molar-refractivity contribution in [2.45, 2.75) is 12.8 Å². The molecule has 0 saturated heterocycles. The molecule has 0 bridgehead atoms. The summed E-state index contributed by atoms with van der Waals surface area (Å²) in [7, 11) is 1.12. The summed E-state index contributed by atoms with van der Waals surface area (Å²) in [6.07, 6.45) is -2.42. The van der Waals surface area contributed by atoms with Gasteiger partial charge in [0.1, 0.15) is 0 Å². The van der Waals surface area contributed by atoms with Crippen molar-refractivity contribution in [3.05, 3.63) is 27.7 Å². The average Bonchev–Trinajstić information content (AvgIpc) is 2.21. The molecule has 0 aliphatic rings. The van der Waals surface area contributed by atoms with Crippen LogP contribution in [0.3, 0.4) is 0 Å². The Labute approximate surface area is 97.8 Å². The van der Waals surface area contributed by atoms with Crippen LogP contribution in [0.4, 0.5) is 13.2 Å². The number of carbonyl (C=O) groups is 1. The number of rotatable bonds is 3. The molecule has 0 N–H and O–H groups in total. The van der Waals surface area contributed by atoms with Crippen molar-refractivity contribution in [3.8, 4) is 0 Å². The Morgan fingerprint density at radius 1 is 1.62 bits per heavy atom. The minimum atomic E-state index is -2.98. The standard InChI is InChI=1S/C9H7BrF3NO2/c1-16-6(15)2-5-8(11)7(9(12)13)4(10)3-14-5/h3,9H,2H2,1H3. The van der Waals surface area contributed by atoms with Gasteiger partial charge in [-0.3, -0.25) is 9.78 Å². The molecule has 0 amide bonds. The molecular formula is C9H7BrF3NO2. The molecule has 88 valence electrons. The normalized spacial score (nSPS) is 10.6. The predicted octanol–water partition coefficient (Wildman–Crippen LogP) is 2.64. The van der Waals surface area contributed by atoms with Crippen LogP contribution in [0.15, 0.2) is 10.7 Å². The number of aromatic nitrogens is 1. The molecule has 0 saturated carbocycles.